The SMILES string of the molecule is O=C1CSC(c2cccc3c2OCO3)N1CCN1CCCC1. The fraction of sp³-hybridized carbons (Fsp3) is 0.562. The van der Waals surface area contributed by atoms with E-state index in [4.69, 9.17) is 9.47 Å². The van der Waals surface area contributed by atoms with Gasteiger partial charge in [-0.15, -0.1) is 11.8 Å². The topological polar surface area (TPSA) is 42.0 Å². The van der Waals surface area contributed by atoms with Gasteiger partial charge in [0.05, 0.1) is 5.75 Å². The zero-order valence-electron chi connectivity index (χ0n) is 12.5. The molecule has 0 bridgehead atoms. The smallest absolute Gasteiger partial charge is 0.233 e. The number of carbonyl (C=O) groups is 1. The third-order valence-electron chi connectivity index (χ3n) is 4.52. The van der Waals surface area contributed by atoms with Gasteiger partial charge in [0.1, 0.15) is 5.37 Å². The van der Waals surface area contributed by atoms with Gasteiger partial charge in [0.25, 0.3) is 0 Å². The predicted octanol–water partition coefficient (Wildman–Crippen LogP) is 2.09. The Morgan fingerprint density at radius 2 is 2.05 bits per heavy atom. The summed E-state index contributed by atoms with van der Waals surface area (Å²) in [6.07, 6.45) is 2.56. The van der Waals surface area contributed by atoms with E-state index in [1.807, 2.05) is 23.1 Å². The van der Waals surface area contributed by atoms with Crippen molar-refractivity contribution in [1.29, 1.82) is 0 Å². The summed E-state index contributed by atoms with van der Waals surface area (Å²) < 4.78 is 11.1. The monoisotopic (exact) mass is 320 g/mol. The number of benzene rings is 1. The van der Waals surface area contributed by atoms with Crippen molar-refractivity contribution in [3.63, 3.8) is 0 Å². The number of ether oxygens (including phenoxy) is 2. The first-order valence-corrected chi connectivity index (χ1v) is 8.90. The van der Waals surface area contributed by atoms with Crippen LogP contribution in [0.3, 0.4) is 0 Å². The van der Waals surface area contributed by atoms with Gasteiger partial charge in [0.2, 0.25) is 12.7 Å². The molecule has 3 aliphatic rings. The predicted molar refractivity (Wildman–Crippen MR) is 85.2 cm³/mol. The lowest BCUT2D eigenvalue weighted by Gasteiger charge is -2.27. The number of likely N-dealkylation sites (tertiary alicyclic amines) is 1. The highest BCUT2D eigenvalue weighted by atomic mass is 32.2. The summed E-state index contributed by atoms with van der Waals surface area (Å²) in [6.45, 7) is 4.36. The molecule has 0 aromatic heterocycles. The van der Waals surface area contributed by atoms with Crippen LogP contribution in [-0.4, -0.2) is 54.4 Å². The van der Waals surface area contributed by atoms with E-state index in [1.54, 1.807) is 11.8 Å². The number of amides is 1. The lowest BCUT2D eigenvalue weighted by molar-refractivity contribution is -0.128. The number of nitrogens with zero attached hydrogens (tertiary/aromatic N) is 2. The summed E-state index contributed by atoms with van der Waals surface area (Å²) in [6, 6.07) is 5.94. The average Bonchev–Trinajstić information content (AvgIpc) is 3.25. The molecule has 3 aliphatic heterocycles. The molecular formula is C16H20N2O3S. The Morgan fingerprint density at radius 1 is 1.18 bits per heavy atom. The number of hydrogen-bond acceptors (Lipinski definition) is 5. The third kappa shape index (κ3) is 2.54. The Morgan fingerprint density at radius 3 is 2.91 bits per heavy atom. The largest absolute Gasteiger partial charge is 0.454 e. The molecule has 6 heteroatoms. The number of fused-ring (bicyclic) bond motifs is 1. The maximum atomic E-state index is 12.3. The molecule has 0 radical (unpaired) electrons. The molecule has 2 saturated heterocycles. The van der Waals surface area contributed by atoms with Crippen LogP contribution in [0.1, 0.15) is 23.8 Å². The molecule has 1 amide bonds. The average molecular weight is 320 g/mol. The van der Waals surface area contributed by atoms with Gasteiger partial charge in [0, 0.05) is 18.7 Å². The maximum absolute atomic E-state index is 12.3. The first-order valence-electron chi connectivity index (χ1n) is 7.85. The highest BCUT2D eigenvalue weighted by molar-refractivity contribution is 8.00. The van der Waals surface area contributed by atoms with E-state index < -0.39 is 0 Å². The summed E-state index contributed by atoms with van der Waals surface area (Å²) in [4.78, 5) is 16.7. The van der Waals surface area contributed by atoms with E-state index >= 15 is 0 Å². The Labute approximate surface area is 134 Å². The van der Waals surface area contributed by atoms with Gasteiger partial charge in [-0.3, -0.25) is 4.79 Å². The molecule has 1 atom stereocenters. The lowest BCUT2D eigenvalue weighted by Crippen LogP contribution is -2.36. The Bertz CT molecular complexity index is 575. The van der Waals surface area contributed by atoms with Crippen LogP contribution >= 0.6 is 11.8 Å². The number of hydrogen-bond donors (Lipinski definition) is 0. The third-order valence-corrected chi connectivity index (χ3v) is 5.75. The second-order valence-electron chi connectivity index (χ2n) is 5.88. The van der Waals surface area contributed by atoms with Crippen LogP contribution in [0.2, 0.25) is 0 Å². The summed E-state index contributed by atoms with van der Waals surface area (Å²) in [5.74, 6) is 2.37. The molecule has 3 heterocycles. The Hall–Kier alpha value is -1.40. The van der Waals surface area contributed by atoms with Crippen molar-refractivity contribution in [1.82, 2.24) is 9.80 Å². The second-order valence-corrected chi connectivity index (χ2v) is 6.95. The molecule has 0 N–H and O–H groups in total. The first kappa shape index (κ1) is 14.2. The molecule has 1 aromatic rings. The minimum Gasteiger partial charge on any atom is -0.454 e. The number of para-hydroxylation sites is 1. The van der Waals surface area contributed by atoms with Gasteiger partial charge in [0.15, 0.2) is 11.5 Å². The van der Waals surface area contributed by atoms with Crippen molar-refractivity contribution in [2.45, 2.75) is 18.2 Å². The van der Waals surface area contributed by atoms with Gasteiger partial charge in [-0.05, 0) is 32.0 Å². The number of rotatable bonds is 4. The quantitative estimate of drug-likeness (QED) is 0.850. The van der Waals surface area contributed by atoms with Crippen LogP contribution in [0.5, 0.6) is 11.5 Å². The van der Waals surface area contributed by atoms with Crippen molar-refractivity contribution < 1.29 is 14.3 Å². The molecule has 1 unspecified atom stereocenters. The summed E-state index contributed by atoms with van der Waals surface area (Å²) in [7, 11) is 0. The van der Waals surface area contributed by atoms with E-state index in [9.17, 15) is 4.79 Å². The fourth-order valence-corrected chi connectivity index (χ4v) is 4.59. The van der Waals surface area contributed by atoms with Gasteiger partial charge in [-0.2, -0.15) is 0 Å². The van der Waals surface area contributed by atoms with E-state index in [-0.39, 0.29) is 18.1 Å². The molecule has 0 saturated carbocycles. The molecule has 4 rings (SSSR count). The van der Waals surface area contributed by atoms with Gasteiger partial charge >= 0.3 is 0 Å². The second kappa shape index (κ2) is 6.01. The molecule has 22 heavy (non-hydrogen) atoms. The lowest BCUT2D eigenvalue weighted by atomic mass is 10.1. The van der Waals surface area contributed by atoms with Crippen LogP contribution in [-0.2, 0) is 4.79 Å². The molecule has 0 aliphatic carbocycles. The van der Waals surface area contributed by atoms with Crippen LogP contribution in [0.25, 0.3) is 0 Å². The molecule has 2 fully saturated rings. The van der Waals surface area contributed by atoms with E-state index in [0.717, 1.165) is 43.2 Å². The van der Waals surface area contributed by atoms with Crippen molar-refractivity contribution in [3.05, 3.63) is 23.8 Å². The van der Waals surface area contributed by atoms with E-state index in [0.29, 0.717) is 5.75 Å². The first-order chi connectivity index (χ1) is 10.8. The zero-order valence-corrected chi connectivity index (χ0v) is 13.3. The van der Waals surface area contributed by atoms with E-state index in [1.165, 1.54) is 12.8 Å². The van der Waals surface area contributed by atoms with Crippen LogP contribution < -0.4 is 9.47 Å². The number of carbonyl (C=O) groups excluding carboxylic acids is 1. The van der Waals surface area contributed by atoms with Crippen molar-refractivity contribution in [3.8, 4) is 11.5 Å². The van der Waals surface area contributed by atoms with Crippen LogP contribution in [0, 0.1) is 0 Å². The van der Waals surface area contributed by atoms with Gasteiger partial charge in [-0.25, -0.2) is 0 Å². The summed E-state index contributed by atoms with van der Waals surface area (Å²) >= 11 is 1.68. The Kier molecular flexibility index (Phi) is 3.88. The highest BCUT2D eigenvalue weighted by Crippen LogP contribution is 2.46. The minimum atomic E-state index is 0.0479. The molecule has 118 valence electrons. The van der Waals surface area contributed by atoms with Gasteiger partial charge < -0.3 is 19.3 Å². The molecule has 0 spiro atoms. The minimum absolute atomic E-state index is 0.0479. The molecular weight excluding hydrogens is 300 g/mol. The zero-order chi connectivity index (χ0) is 14.9. The fourth-order valence-electron chi connectivity index (χ4n) is 3.36. The van der Waals surface area contributed by atoms with Crippen LogP contribution in [0.4, 0.5) is 0 Å². The van der Waals surface area contributed by atoms with Crippen molar-refractivity contribution >= 4 is 17.7 Å². The summed E-state index contributed by atoms with van der Waals surface area (Å²) in [5, 5.41) is 0.0479. The maximum Gasteiger partial charge on any atom is 0.233 e. The Balaban J connectivity index is 1.52. The highest BCUT2D eigenvalue weighted by Gasteiger charge is 2.36. The van der Waals surface area contributed by atoms with Crippen molar-refractivity contribution in [2.24, 2.45) is 0 Å². The number of thioether (sulfide) groups is 1. The van der Waals surface area contributed by atoms with Gasteiger partial charge in [-0.1, -0.05) is 12.1 Å². The molecule has 5 nitrogen and oxygen atoms in total. The van der Waals surface area contributed by atoms with Crippen molar-refractivity contribution in [2.75, 3.05) is 38.7 Å². The molecule has 1 aromatic carbocycles. The summed E-state index contributed by atoms with van der Waals surface area (Å²) in [5.41, 5.74) is 1.06. The van der Waals surface area contributed by atoms with E-state index in [2.05, 4.69) is 4.90 Å². The van der Waals surface area contributed by atoms with Crippen LogP contribution in [0.15, 0.2) is 18.2 Å². The normalized spacial score (nSPS) is 24.5. The standard InChI is InChI=1S/C16H20N2O3S/c19-14-10-22-16(18(14)9-8-17-6-1-2-7-17)12-4-3-5-13-15(12)21-11-20-13/h3-5,16H,1-2,6-11H2.